The molecule has 2 aliphatic rings. The van der Waals surface area contributed by atoms with E-state index in [9.17, 15) is 0 Å². The third kappa shape index (κ3) is 3.57. The van der Waals surface area contributed by atoms with Crippen LogP contribution in [-0.2, 0) is 0 Å². The standard InChI is InChI=1S/C12H22Br4Si2/c13-17(14,11-7-3-1-4-8-11)18(15,16)12-9-5-2-6-10-12/h11-12H,1-10H2. The van der Waals surface area contributed by atoms with Gasteiger partial charge in [0.2, 0.25) is 9.66 Å². The van der Waals surface area contributed by atoms with Gasteiger partial charge >= 0.3 is 0 Å². The van der Waals surface area contributed by atoms with Crippen molar-refractivity contribution in [3.8, 4) is 0 Å². The third-order valence-electron chi connectivity index (χ3n) is 4.68. The van der Waals surface area contributed by atoms with E-state index in [4.69, 9.17) is 0 Å². The molecule has 0 atom stereocenters. The minimum absolute atomic E-state index is 0.915. The fourth-order valence-corrected chi connectivity index (χ4v) is 29.0. The Morgan fingerprint density at radius 2 is 0.778 bits per heavy atom. The van der Waals surface area contributed by atoms with Crippen LogP contribution >= 0.6 is 61.2 Å². The minimum Gasteiger partial charge on any atom is -0.112 e. The summed E-state index contributed by atoms with van der Waals surface area (Å²) >= 11 is 16.9. The third-order valence-corrected chi connectivity index (χ3v) is 63.3. The average molecular weight is 542 g/mol. The maximum absolute atomic E-state index is 4.22. The van der Waals surface area contributed by atoms with E-state index in [1.165, 1.54) is 64.2 Å². The number of hydrogen-bond donors (Lipinski definition) is 0. The highest BCUT2D eigenvalue weighted by Crippen LogP contribution is 2.59. The smallest absolute Gasteiger partial charge is 0.112 e. The first-order valence-corrected chi connectivity index (χ1v) is 21.4. The predicted molar refractivity (Wildman–Crippen MR) is 101 cm³/mol. The highest BCUT2D eigenvalue weighted by molar-refractivity contribution is 9.66. The Morgan fingerprint density at radius 1 is 0.500 bits per heavy atom. The SMILES string of the molecule is Br[Si](Br)(C1CCCCC1)[Si](Br)(Br)C1CCCCC1. The summed E-state index contributed by atoms with van der Waals surface area (Å²) < 4.78 is 0. The van der Waals surface area contributed by atoms with Crippen molar-refractivity contribution in [3.05, 3.63) is 0 Å². The molecule has 2 saturated carbocycles. The molecule has 0 nitrogen and oxygen atoms in total. The maximum Gasteiger partial charge on any atom is 0.219 e. The van der Waals surface area contributed by atoms with E-state index in [0.717, 1.165) is 11.1 Å². The molecule has 0 N–H and O–H groups in total. The van der Waals surface area contributed by atoms with Crippen molar-refractivity contribution >= 4 is 70.8 Å². The minimum atomic E-state index is -1.52. The summed E-state index contributed by atoms with van der Waals surface area (Å²) in [5, 5.41) is 0. The lowest BCUT2D eigenvalue weighted by atomic mass is 10.0. The first-order chi connectivity index (χ1) is 8.46. The summed E-state index contributed by atoms with van der Waals surface area (Å²) in [7, 11) is 0. The zero-order valence-corrected chi connectivity index (χ0v) is 19.1. The zero-order chi connectivity index (χ0) is 13.2. The average Bonchev–Trinajstić information content (AvgIpc) is 2.40. The van der Waals surface area contributed by atoms with Crippen LogP contribution in [0.25, 0.3) is 0 Å². The second kappa shape index (κ2) is 7.08. The Balaban J connectivity index is 2.09. The number of halogens is 4. The summed E-state index contributed by atoms with van der Waals surface area (Å²) in [4.78, 5) is -3.04. The van der Waals surface area contributed by atoms with E-state index in [0.29, 0.717) is 0 Å². The van der Waals surface area contributed by atoms with Crippen LogP contribution < -0.4 is 0 Å². The molecule has 0 heterocycles. The summed E-state index contributed by atoms with van der Waals surface area (Å²) in [6, 6.07) is 0. The van der Waals surface area contributed by atoms with Gasteiger partial charge in [0.05, 0.1) is 0 Å². The van der Waals surface area contributed by atoms with Gasteiger partial charge in [0, 0.05) is 0 Å². The van der Waals surface area contributed by atoms with Crippen LogP contribution in [0.4, 0.5) is 0 Å². The van der Waals surface area contributed by atoms with E-state index in [-0.39, 0.29) is 0 Å². The Labute approximate surface area is 145 Å². The van der Waals surface area contributed by atoms with E-state index in [1.54, 1.807) is 0 Å². The van der Waals surface area contributed by atoms with E-state index in [1.807, 2.05) is 0 Å². The molecule has 0 radical (unpaired) electrons. The summed E-state index contributed by atoms with van der Waals surface area (Å²) in [6.07, 6.45) is 14.4. The maximum atomic E-state index is 4.22. The molecular formula is C12H22Br4Si2. The molecule has 2 rings (SSSR count). The molecule has 2 fully saturated rings. The van der Waals surface area contributed by atoms with Crippen LogP contribution in [-0.4, -0.2) is 9.66 Å². The van der Waals surface area contributed by atoms with Crippen LogP contribution in [0.3, 0.4) is 0 Å². The lowest BCUT2D eigenvalue weighted by Gasteiger charge is -2.43. The van der Waals surface area contributed by atoms with Crippen LogP contribution in [0.5, 0.6) is 0 Å². The Hall–Kier alpha value is 2.35. The first kappa shape index (κ1) is 16.7. The van der Waals surface area contributed by atoms with Gasteiger partial charge in [-0.3, -0.25) is 0 Å². The van der Waals surface area contributed by atoms with Gasteiger partial charge in [-0.15, -0.1) is 61.2 Å². The fraction of sp³-hybridized carbons (Fsp3) is 1.00. The highest BCUT2D eigenvalue weighted by atomic mass is 79.9. The Kier molecular flexibility index (Phi) is 6.57. The molecule has 2 aliphatic carbocycles. The topological polar surface area (TPSA) is 0 Å². The molecule has 0 saturated heterocycles. The Bertz CT molecular complexity index is 243. The van der Waals surface area contributed by atoms with Crippen LogP contribution in [0.1, 0.15) is 64.2 Å². The van der Waals surface area contributed by atoms with Gasteiger partial charge in [-0.2, -0.15) is 0 Å². The van der Waals surface area contributed by atoms with Crippen molar-refractivity contribution in [2.24, 2.45) is 0 Å². The largest absolute Gasteiger partial charge is 0.219 e. The van der Waals surface area contributed by atoms with Gasteiger partial charge < -0.3 is 0 Å². The van der Waals surface area contributed by atoms with Crippen molar-refractivity contribution in [1.29, 1.82) is 0 Å². The van der Waals surface area contributed by atoms with Crippen molar-refractivity contribution in [3.63, 3.8) is 0 Å². The highest BCUT2D eigenvalue weighted by Gasteiger charge is 2.58. The second-order valence-corrected chi connectivity index (χ2v) is 45.0. The van der Waals surface area contributed by atoms with Gasteiger partial charge in [0.1, 0.15) is 0 Å². The van der Waals surface area contributed by atoms with Gasteiger partial charge in [-0.25, -0.2) is 0 Å². The first-order valence-electron chi connectivity index (χ1n) is 7.22. The van der Waals surface area contributed by atoms with Gasteiger partial charge in [-0.05, 0) is 11.1 Å². The van der Waals surface area contributed by atoms with Crippen LogP contribution in [0.15, 0.2) is 0 Å². The molecule has 6 heteroatoms. The summed E-state index contributed by atoms with van der Waals surface area (Å²) in [5.74, 6) is 0. The van der Waals surface area contributed by atoms with E-state index in [2.05, 4.69) is 61.2 Å². The molecule has 0 unspecified atom stereocenters. The summed E-state index contributed by atoms with van der Waals surface area (Å²) in [6.45, 7) is 0. The monoisotopic (exact) mass is 538 g/mol. The normalized spacial score (nSPS) is 25.3. The van der Waals surface area contributed by atoms with E-state index < -0.39 is 9.66 Å². The summed E-state index contributed by atoms with van der Waals surface area (Å²) in [5.41, 5.74) is 1.83. The van der Waals surface area contributed by atoms with Crippen molar-refractivity contribution in [2.75, 3.05) is 0 Å². The van der Waals surface area contributed by atoms with Gasteiger partial charge in [-0.1, -0.05) is 64.2 Å². The van der Waals surface area contributed by atoms with Gasteiger partial charge in [0.25, 0.3) is 0 Å². The molecule has 106 valence electrons. The van der Waals surface area contributed by atoms with Gasteiger partial charge in [0.15, 0.2) is 0 Å². The van der Waals surface area contributed by atoms with Crippen LogP contribution in [0, 0.1) is 0 Å². The molecule has 0 aromatic carbocycles. The lowest BCUT2D eigenvalue weighted by molar-refractivity contribution is 0.494. The zero-order valence-electron chi connectivity index (χ0n) is 10.7. The second-order valence-electron chi connectivity index (χ2n) is 5.92. The number of hydrogen-bond acceptors (Lipinski definition) is 0. The lowest BCUT2D eigenvalue weighted by Crippen LogP contribution is -2.52. The Morgan fingerprint density at radius 3 is 1.06 bits per heavy atom. The predicted octanol–water partition coefficient (Wildman–Crippen LogP) is 7.20. The molecule has 0 bridgehead atoms. The molecule has 0 amide bonds. The quantitative estimate of drug-likeness (QED) is 0.262. The van der Waals surface area contributed by atoms with Crippen LogP contribution in [0.2, 0.25) is 11.1 Å². The van der Waals surface area contributed by atoms with E-state index >= 15 is 0 Å². The van der Waals surface area contributed by atoms with Crippen molar-refractivity contribution in [2.45, 2.75) is 75.3 Å². The van der Waals surface area contributed by atoms with Crippen molar-refractivity contribution < 1.29 is 0 Å². The molecule has 18 heavy (non-hydrogen) atoms. The van der Waals surface area contributed by atoms with Crippen molar-refractivity contribution in [1.82, 2.24) is 0 Å². The molecule has 0 spiro atoms. The molecule has 0 aromatic rings. The molecule has 0 aromatic heterocycles. The fourth-order valence-electron chi connectivity index (χ4n) is 3.47. The number of rotatable bonds is 3. The molecular weight excluding hydrogens is 520 g/mol. The molecule has 0 aliphatic heterocycles.